The van der Waals surface area contributed by atoms with Gasteiger partial charge in [0, 0.05) is 22.8 Å². The maximum Gasteiger partial charge on any atom is 0.222 e. The smallest absolute Gasteiger partial charge is 0.222 e. The van der Waals surface area contributed by atoms with Gasteiger partial charge in [-0.25, -0.2) is 9.37 Å². The lowest BCUT2D eigenvalue weighted by Crippen LogP contribution is -2.12. The van der Waals surface area contributed by atoms with Gasteiger partial charge in [-0.2, -0.15) is 0 Å². The first-order chi connectivity index (χ1) is 9.60. The van der Waals surface area contributed by atoms with Gasteiger partial charge in [-0.1, -0.05) is 22.9 Å². The standard InChI is InChI=1S/C15H16BrFN2O/c1-3-18-8-11-6-10(2)15(19-9-11)20-14-7-12(16)4-5-13(14)17/h4-7,9,18H,3,8H2,1-2H3. The molecular weight excluding hydrogens is 323 g/mol. The average molecular weight is 339 g/mol. The van der Waals surface area contributed by atoms with Crippen molar-refractivity contribution in [2.45, 2.75) is 20.4 Å². The largest absolute Gasteiger partial charge is 0.436 e. The van der Waals surface area contributed by atoms with Crippen molar-refractivity contribution in [3.05, 3.63) is 51.9 Å². The Bertz CT molecular complexity index is 604. The monoisotopic (exact) mass is 338 g/mol. The van der Waals surface area contributed by atoms with Crippen LogP contribution in [0.4, 0.5) is 4.39 Å². The zero-order valence-electron chi connectivity index (χ0n) is 11.4. The van der Waals surface area contributed by atoms with Gasteiger partial charge < -0.3 is 10.1 Å². The molecule has 0 atom stereocenters. The van der Waals surface area contributed by atoms with Crippen molar-refractivity contribution in [1.29, 1.82) is 0 Å². The van der Waals surface area contributed by atoms with Gasteiger partial charge in [0.05, 0.1) is 0 Å². The van der Waals surface area contributed by atoms with Gasteiger partial charge in [-0.3, -0.25) is 0 Å². The quantitative estimate of drug-likeness (QED) is 0.887. The highest BCUT2D eigenvalue weighted by Crippen LogP contribution is 2.28. The second-order valence-electron chi connectivity index (χ2n) is 4.42. The summed E-state index contributed by atoms with van der Waals surface area (Å²) in [5.74, 6) is 0.169. The summed E-state index contributed by atoms with van der Waals surface area (Å²) in [5, 5.41) is 3.23. The Hall–Kier alpha value is -1.46. The molecule has 0 radical (unpaired) electrons. The van der Waals surface area contributed by atoms with Crippen LogP contribution in [-0.4, -0.2) is 11.5 Å². The van der Waals surface area contributed by atoms with E-state index in [4.69, 9.17) is 4.74 Å². The fourth-order valence-corrected chi connectivity index (χ4v) is 2.09. The molecule has 2 aromatic rings. The van der Waals surface area contributed by atoms with Crippen molar-refractivity contribution in [3.63, 3.8) is 0 Å². The number of benzene rings is 1. The molecule has 0 aliphatic rings. The summed E-state index contributed by atoms with van der Waals surface area (Å²) >= 11 is 3.29. The van der Waals surface area contributed by atoms with Crippen LogP contribution in [0.15, 0.2) is 34.9 Å². The molecule has 1 aromatic heterocycles. The molecule has 2 rings (SSSR count). The molecule has 0 spiro atoms. The van der Waals surface area contributed by atoms with Crippen molar-refractivity contribution in [1.82, 2.24) is 10.3 Å². The van der Waals surface area contributed by atoms with E-state index in [0.717, 1.165) is 28.7 Å². The van der Waals surface area contributed by atoms with E-state index in [9.17, 15) is 4.39 Å². The molecule has 0 bridgehead atoms. The highest BCUT2D eigenvalue weighted by Gasteiger charge is 2.09. The van der Waals surface area contributed by atoms with Crippen LogP contribution in [0.1, 0.15) is 18.1 Å². The van der Waals surface area contributed by atoms with Crippen LogP contribution < -0.4 is 10.1 Å². The number of hydrogen-bond acceptors (Lipinski definition) is 3. The first-order valence-electron chi connectivity index (χ1n) is 6.39. The summed E-state index contributed by atoms with van der Waals surface area (Å²) in [7, 11) is 0. The van der Waals surface area contributed by atoms with Gasteiger partial charge in [0.15, 0.2) is 11.6 Å². The van der Waals surface area contributed by atoms with E-state index in [1.807, 2.05) is 19.9 Å². The minimum atomic E-state index is -0.411. The predicted molar refractivity (Wildman–Crippen MR) is 80.5 cm³/mol. The zero-order valence-corrected chi connectivity index (χ0v) is 13.0. The number of nitrogens with zero attached hydrogens (tertiary/aromatic N) is 1. The van der Waals surface area contributed by atoms with Gasteiger partial charge in [0.1, 0.15) is 0 Å². The minimum absolute atomic E-state index is 0.161. The highest BCUT2D eigenvalue weighted by molar-refractivity contribution is 9.10. The van der Waals surface area contributed by atoms with Gasteiger partial charge in [-0.15, -0.1) is 0 Å². The number of rotatable bonds is 5. The van der Waals surface area contributed by atoms with Gasteiger partial charge in [0.25, 0.3) is 0 Å². The third-order valence-electron chi connectivity index (χ3n) is 2.77. The Balaban J connectivity index is 2.19. The predicted octanol–water partition coefficient (Wildman–Crippen LogP) is 4.19. The molecule has 1 N–H and O–H groups in total. The molecule has 1 aromatic carbocycles. The van der Waals surface area contributed by atoms with E-state index in [0.29, 0.717) is 5.88 Å². The molecular formula is C15H16BrFN2O. The Morgan fingerprint density at radius 1 is 1.35 bits per heavy atom. The van der Waals surface area contributed by atoms with Crippen LogP contribution >= 0.6 is 15.9 Å². The summed E-state index contributed by atoms with van der Waals surface area (Å²) in [4.78, 5) is 4.25. The van der Waals surface area contributed by atoms with Gasteiger partial charge in [0.2, 0.25) is 5.88 Å². The van der Waals surface area contributed by atoms with Crippen LogP contribution in [0.5, 0.6) is 11.6 Å². The second-order valence-corrected chi connectivity index (χ2v) is 5.34. The Kier molecular flexibility index (Phi) is 5.09. The number of hydrogen-bond donors (Lipinski definition) is 1. The molecule has 1 heterocycles. The lowest BCUT2D eigenvalue weighted by molar-refractivity contribution is 0.423. The van der Waals surface area contributed by atoms with Crippen LogP contribution in [0, 0.1) is 12.7 Å². The molecule has 0 saturated heterocycles. The summed E-state index contributed by atoms with van der Waals surface area (Å²) in [6.07, 6.45) is 1.74. The molecule has 0 aliphatic heterocycles. The van der Waals surface area contributed by atoms with Crippen LogP contribution in [0.3, 0.4) is 0 Å². The number of aryl methyl sites for hydroxylation is 1. The van der Waals surface area contributed by atoms with Crippen molar-refractivity contribution < 1.29 is 9.13 Å². The summed E-state index contributed by atoms with van der Waals surface area (Å²) < 4.78 is 20.0. The molecule has 3 nitrogen and oxygen atoms in total. The van der Waals surface area contributed by atoms with E-state index in [1.165, 1.54) is 6.07 Å². The first kappa shape index (κ1) is 14.9. The van der Waals surface area contributed by atoms with Crippen molar-refractivity contribution in [3.8, 4) is 11.6 Å². The molecule has 0 amide bonds. The number of aromatic nitrogens is 1. The normalized spacial score (nSPS) is 10.6. The van der Waals surface area contributed by atoms with Crippen LogP contribution in [0.2, 0.25) is 0 Å². The minimum Gasteiger partial charge on any atom is -0.436 e. The fraction of sp³-hybridized carbons (Fsp3) is 0.267. The fourth-order valence-electron chi connectivity index (χ4n) is 1.75. The SMILES string of the molecule is CCNCc1cnc(Oc2cc(Br)ccc2F)c(C)c1. The molecule has 20 heavy (non-hydrogen) atoms. The third kappa shape index (κ3) is 3.77. The highest BCUT2D eigenvalue weighted by atomic mass is 79.9. The molecule has 0 aliphatic carbocycles. The Morgan fingerprint density at radius 2 is 2.15 bits per heavy atom. The van der Waals surface area contributed by atoms with E-state index >= 15 is 0 Å². The van der Waals surface area contributed by atoms with Crippen LogP contribution in [-0.2, 0) is 6.54 Å². The van der Waals surface area contributed by atoms with E-state index in [2.05, 4.69) is 26.2 Å². The number of halogens is 2. The molecule has 0 unspecified atom stereocenters. The summed E-state index contributed by atoms with van der Waals surface area (Å²) in [5.41, 5.74) is 1.95. The molecule has 5 heteroatoms. The van der Waals surface area contributed by atoms with Gasteiger partial charge >= 0.3 is 0 Å². The topological polar surface area (TPSA) is 34.2 Å². The second kappa shape index (κ2) is 6.81. The maximum atomic E-state index is 13.6. The lowest BCUT2D eigenvalue weighted by atomic mass is 10.2. The van der Waals surface area contributed by atoms with E-state index < -0.39 is 5.82 Å². The molecule has 0 saturated carbocycles. The Morgan fingerprint density at radius 3 is 2.85 bits per heavy atom. The van der Waals surface area contributed by atoms with Crippen molar-refractivity contribution >= 4 is 15.9 Å². The van der Waals surface area contributed by atoms with Crippen LogP contribution in [0.25, 0.3) is 0 Å². The van der Waals surface area contributed by atoms with Gasteiger partial charge in [-0.05, 0) is 43.3 Å². The maximum absolute atomic E-state index is 13.6. The van der Waals surface area contributed by atoms with Crippen molar-refractivity contribution in [2.24, 2.45) is 0 Å². The van der Waals surface area contributed by atoms with E-state index in [-0.39, 0.29) is 5.75 Å². The Labute approximate surface area is 126 Å². The van der Waals surface area contributed by atoms with E-state index in [1.54, 1.807) is 18.3 Å². The molecule has 106 valence electrons. The average Bonchev–Trinajstić information content (AvgIpc) is 2.43. The number of ether oxygens (including phenoxy) is 1. The lowest BCUT2D eigenvalue weighted by Gasteiger charge is -2.10. The number of pyridine rings is 1. The zero-order chi connectivity index (χ0) is 14.5. The summed E-state index contributed by atoms with van der Waals surface area (Å²) in [6, 6.07) is 6.56. The third-order valence-corrected chi connectivity index (χ3v) is 3.26. The van der Waals surface area contributed by atoms with Crippen molar-refractivity contribution in [2.75, 3.05) is 6.54 Å². The first-order valence-corrected chi connectivity index (χ1v) is 7.18. The summed E-state index contributed by atoms with van der Waals surface area (Å²) in [6.45, 7) is 5.61. The molecule has 0 fully saturated rings. The number of nitrogens with one attached hydrogen (secondary N) is 1.